The number of anilines is 1. The lowest BCUT2D eigenvalue weighted by Crippen LogP contribution is -2.30. The lowest BCUT2D eigenvalue weighted by molar-refractivity contribution is -0.123. The Balaban J connectivity index is 2.04. The van der Waals surface area contributed by atoms with E-state index in [1.165, 1.54) is 25.1 Å². The predicted molar refractivity (Wildman–Crippen MR) is 82.6 cm³/mol. The minimum absolute atomic E-state index is 0.0541. The number of aromatic nitrogens is 2. The Labute approximate surface area is 133 Å². The average Bonchev–Trinajstić information content (AvgIpc) is 2.73. The number of esters is 1. The lowest BCUT2D eigenvalue weighted by Gasteiger charge is -2.13. The van der Waals surface area contributed by atoms with Gasteiger partial charge < -0.3 is 10.1 Å². The van der Waals surface area contributed by atoms with Crippen molar-refractivity contribution < 1.29 is 18.7 Å². The third-order valence-corrected chi connectivity index (χ3v) is 3.47. The molecular weight excluding hydrogens is 301 g/mol. The van der Waals surface area contributed by atoms with Crippen LogP contribution in [0.3, 0.4) is 0 Å². The molecule has 2 aromatic rings. The summed E-state index contributed by atoms with van der Waals surface area (Å²) < 4.78 is 19.8. The van der Waals surface area contributed by atoms with Crippen molar-refractivity contribution in [3.63, 3.8) is 0 Å². The highest BCUT2D eigenvalue weighted by Crippen LogP contribution is 2.19. The van der Waals surface area contributed by atoms with Gasteiger partial charge in [0.25, 0.3) is 5.91 Å². The van der Waals surface area contributed by atoms with Gasteiger partial charge in [0.2, 0.25) is 0 Å². The molecule has 0 aliphatic carbocycles. The Morgan fingerprint density at radius 3 is 2.61 bits per heavy atom. The number of amides is 1. The largest absolute Gasteiger partial charge is 0.449 e. The van der Waals surface area contributed by atoms with Crippen molar-refractivity contribution in [3.8, 4) is 0 Å². The molecular formula is C16H18FN3O3. The summed E-state index contributed by atoms with van der Waals surface area (Å²) in [7, 11) is 1.77. The SMILES string of the molecule is Cc1nn(C)c(C)c1NC(=O)[C@@H](C)OC(=O)c1cccc(F)c1. The van der Waals surface area contributed by atoms with Crippen LogP contribution in [0.4, 0.5) is 10.1 Å². The summed E-state index contributed by atoms with van der Waals surface area (Å²) in [6.45, 7) is 5.04. The van der Waals surface area contributed by atoms with Crippen LogP contribution in [-0.2, 0) is 16.6 Å². The smallest absolute Gasteiger partial charge is 0.339 e. The van der Waals surface area contributed by atoms with Gasteiger partial charge in [-0.1, -0.05) is 6.07 Å². The molecule has 1 heterocycles. The summed E-state index contributed by atoms with van der Waals surface area (Å²) in [6.07, 6.45) is -1.02. The monoisotopic (exact) mass is 319 g/mol. The number of halogens is 1. The summed E-state index contributed by atoms with van der Waals surface area (Å²) in [6, 6.07) is 5.10. The van der Waals surface area contributed by atoms with Gasteiger partial charge in [-0.25, -0.2) is 9.18 Å². The van der Waals surface area contributed by atoms with Crippen LogP contribution in [0.5, 0.6) is 0 Å². The summed E-state index contributed by atoms with van der Waals surface area (Å²) >= 11 is 0. The number of benzene rings is 1. The summed E-state index contributed by atoms with van der Waals surface area (Å²) in [5.41, 5.74) is 2.10. The molecule has 23 heavy (non-hydrogen) atoms. The normalized spacial score (nSPS) is 11.9. The van der Waals surface area contributed by atoms with Crippen LogP contribution in [0.25, 0.3) is 0 Å². The highest BCUT2D eigenvalue weighted by atomic mass is 19.1. The van der Waals surface area contributed by atoms with Crippen molar-refractivity contribution in [1.29, 1.82) is 0 Å². The third-order valence-electron chi connectivity index (χ3n) is 3.47. The summed E-state index contributed by atoms with van der Waals surface area (Å²) in [5.74, 6) is -1.78. The van der Waals surface area contributed by atoms with E-state index in [0.29, 0.717) is 11.4 Å². The zero-order valence-corrected chi connectivity index (χ0v) is 13.4. The van der Waals surface area contributed by atoms with Gasteiger partial charge in [-0.2, -0.15) is 5.10 Å². The molecule has 0 fully saturated rings. The molecule has 0 bridgehead atoms. The third kappa shape index (κ3) is 3.74. The Bertz CT molecular complexity index is 755. The number of hydrogen-bond acceptors (Lipinski definition) is 4. The van der Waals surface area contributed by atoms with E-state index in [4.69, 9.17) is 4.74 Å². The second-order valence-corrected chi connectivity index (χ2v) is 5.22. The molecule has 0 spiro atoms. The fourth-order valence-electron chi connectivity index (χ4n) is 2.08. The summed E-state index contributed by atoms with van der Waals surface area (Å²) in [5, 5.41) is 6.89. The molecule has 1 N–H and O–H groups in total. The fourth-order valence-corrected chi connectivity index (χ4v) is 2.08. The van der Waals surface area contributed by atoms with E-state index < -0.39 is 23.8 Å². The van der Waals surface area contributed by atoms with Crippen molar-refractivity contribution in [2.45, 2.75) is 26.9 Å². The van der Waals surface area contributed by atoms with Crippen molar-refractivity contribution in [2.75, 3.05) is 5.32 Å². The van der Waals surface area contributed by atoms with E-state index in [9.17, 15) is 14.0 Å². The first kappa shape index (κ1) is 16.7. The molecule has 6 nitrogen and oxygen atoms in total. The van der Waals surface area contributed by atoms with Gasteiger partial charge in [-0.15, -0.1) is 0 Å². The van der Waals surface area contributed by atoms with Crippen LogP contribution >= 0.6 is 0 Å². The minimum Gasteiger partial charge on any atom is -0.449 e. The Morgan fingerprint density at radius 1 is 1.35 bits per heavy atom. The second kappa shape index (κ2) is 6.60. The van der Waals surface area contributed by atoms with Crippen LogP contribution in [0.2, 0.25) is 0 Å². The van der Waals surface area contributed by atoms with E-state index in [0.717, 1.165) is 11.8 Å². The highest BCUT2D eigenvalue weighted by Gasteiger charge is 2.21. The molecule has 7 heteroatoms. The fraction of sp³-hybridized carbons (Fsp3) is 0.312. The van der Waals surface area contributed by atoms with Crippen molar-refractivity contribution in [1.82, 2.24) is 9.78 Å². The van der Waals surface area contributed by atoms with Gasteiger partial charge in [-0.05, 0) is 39.0 Å². The van der Waals surface area contributed by atoms with E-state index in [2.05, 4.69) is 10.4 Å². The molecule has 1 amide bonds. The van der Waals surface area contributed by atoms with Crippen LogP contribution in [-0.4, -0.2) is 27.8 Å². The zero-order chi connectivity index (χ0) is 17.1. The molecule has 1 atom stereocenters. The van der Waals surface area contributed by atoms with Gasteiger partial charge in [0.1, 0.15) is 5.82 Å². The molecule has 0 aliphatic heterocycles. The van der Waals surface area contributed by atoms with Crippen LogP contribution in [0.1, 0.15) is 28.7 Å². The van der Waals surface area contributed by atoms with Gasteiger partial charge in [0, 0.05) is 7.05 Å². The van der Waals surface area contributed by atoms with Crippen LogP contribution in [0, 0.1) is 19.7 Å². The van der Waals surface area contributed by atoms with Gasteiger partial charge in [0.15, 0.2) is 6.10 Å². The number of rotatable bonds is 4. The maximum atomic E-state index is 13.1. The number of ether oxygens (including phenoxy) is 1. The topological polar surface area (TPSA) is 73.2 Å². The van der Waals surface area contributed by atoms with E-state index in [-0.39, 0.29) is 5.56 Å². The van der Waals surface area contributed by atoms with Crippen LogP contribution in [0.15, 0.2) is 24.3 Å². The lowest BCUT2D eigenvalue weighted by atomic mass is 10.2. The molecule has 1 aromatic carbocycles. The number of aryl methyl sites for hydroxylation is 2. The summed E-state index contributed by atoms with van der Waals surface area (Å²) in [4.78, 5) is 24.1. The second-order valence-electron chi connectivity index (χ2n) is 5.22. The van der Waals surface area contributed by atoms with Gasteiger partial charge in [0.05, 0.1) is 22.6 Å². The van der Waals surface area contributed by atoms with E-state index >= 15 is 0 Å². The molecule has 0 saturated heterocycles. The van der Waals surface area contributed by atoms with E-state index in [1.807, 2.05) is 6.92 Å². The Morgan fingerprint density at radius 2 is 2.04 bits per heavy atom. The first-order valence-corrected chi connectivity index (χ1v) is 7.07. The number of carbonyl (C=O) groups is 2. The first-order valence-electron chi connectivity index (χ1n) is 7.07. The zero-order valence-electron chi connectivity index (χ0n) is 13.4. The van der Waals surface area contributed by atoms with Crippen molar-refractivity contribution in [3.05, 3.63) is 47.0 Å². The van der Waals surface area contributed by atoms with Crippen LogP contribution < -0.4 is 5.32 Å². The van der Waals surface area contributed by atoms with Crippen molar-refractivity contribution in [2.24, 2.45) is 7.05 Å². The molecule has 0 aliphatic rings. The molecule has 1 aromatic heterocycles. The maximum Gasteiger partial charge on any atom is 0.339 e. The number of carbonyl (C=O) groups excluding carboxylic acids is 2. The quantitative estimate of drug-likeness (QED) is 0.878. The van der Waals surface area contributed by atoms with Crippen molar-refractivity contribution >= 4 is 17.6 Å². The first-order chi connectivity index (χ1) is 10.8. The minimum atomic E-state index is -1.02. The number of hydrogen-bond donors (Lipinski definition) is 1. The standard InChI is InChI=1S/C16H18FN3O3/c1-9-14(10(2)20(4)19-9)18-15(21)11(3)23-16(22)12-6-5-7-13(17)8-12/h5-8,11H,1-4H3,(H,18,21)/t11-/m1/s1. The molecule has 122 valence electrons. The highest BCUT2D eigenvalue weighted by molar-refractivity contribution is 5.97. The Hall–Kier alpha value is -2.70. The molecule has 2 rings (SSSR count). The van der Waals surface area contributed by atoms with Gasteiger partial charge >= 0.3 is 5.97 Å². The van der Waals surface area contributed by atoms with E-state index in [1.54, 1.807) is 18.7 Å². The number of nitrogens with one attached hydrogen (secondary N) is 1. The van der Waals surface area contributed by atoms with Gasteiger partial charge in [-0.3, -0.25) is 9.48 Å². The molecule has 0 radical (unpaired) electrons. The number of nitrogens with zero attached hydrogens (tertiary/aromatic N) is 2. The average molecular weight is 319 g/mol. The maximum absolute atomic E-state index is 13.1. The molecule has 0 saturated carbocycles. The predicted octanol–water partition coefficient (Wildman–Crippen LogP) is 2.36. The Kier molecular flexibility index (Phi) is 4.78. The molecule has 0 unspecified atom stereocenters.